The number of hydrogen-bond acceptors (Lipinski definition) is 3. The number of aromatic nitrogens is 2. The highest BCUT2D eigenvalue weighted by atomic mass is 35.5. The smallest absolute Gasteiger partial charge is 0.260 e. The van der Waals surface area contributed by atoms with E-state index in [1.807, 2.05) is 0 Å². The van der Waals surface area contributed by atoms with E-state index in [1.165, 1.54) is 16.8 Å². The largest absolute Gasteiger partial charge is 0.335 e. The molecular weight excluding hydrogens is 238 g/mol. The van der Waals surface area contributed by atoms with Gasteiger partial charge >= 0.3 is 0 Å². The molecule has 0 atom stereocenters. The Morgan fingerprint density at radius 3 is 2.67 bits per heavy atom. The van der Waals surface area contributed by atoms with E-state index in [2.05, 4.69) is 9.97 Å². The lowest BCUT2D eigenvalue weighted by Crippen LogP contribution is -2.38. The Balaban J connectivity index is 3.02. The van der Waals surface area contributed by atoms with E-state index >= 15 is 0 Å². The zero-order valence-electron chi connectivity index (χ0n) is 8.64. The first-order valence-electron chi connectivity index (χ1n) is 4.56. The van der Waals surface area contributed by atoms with Crippen LogP contribution in [0.25, 0.3) is 0 Å². The Kier molecular flexibility index (Phi) is 4.12. The molecule has 0 unspecified atom stereocenters. The van der Waals surface area contributed by atoms with Crippen LogP contribution in [-0.4, -0.2) is 41.2 Å². The van der Waals surface area contributed by atoms with Crippen LogP contribution >= 0.6 is 11.6 Å². The Hall–Kier alpha value is -0.590. The minimum Gasteiger partial charge on any atom is -0.335 e. The molecule has 0 radical (unpaired) electrons. The lowest BCUT2D eigenvalue weighted by atomic mass is 10.4. The van der Waals surface area contributed by atoms with Crippen molar-refractivity contribution in [1.82, 2.24) is 14.3 Å². The first-order valence-corrected chi connectivity index (χ1v) is 6.53. The molecule has 0 aliphatic rings. The molecule has 1 aromatic rings. The number of H-pyrrole nitrogens is 1. The van der Waals surface area contributed by atoms with E-state index in [-0.39, 0.29) is 16.9 Å². The first kappa shape index (κ1) is 12.5. The van der Waals surface area contributed by atoms with E-state index in [0.29, 0.717) is 6.54 Å². The monoisotopic (exact) mass is 251 g/mol. The maximum Gasteiger partial charge on any atom is 0.260 e. The minimum atomic E-state index is -3.49. The van der Waals surface area contributed by atoms with Crippen LogP contribution in [0.3, 0.4) is 0 Å². The summed E-state index contributed by atoms with van der Waals surface area (Å²) in [5.74, 6) is 0.269. The van der Waals surface area contributed by atoms with Crippen molar-refractivity contribution in [1.29, 1.82) is 0 Å². The molecule has 86 valence electrons. The fourth-order valence-corrected chi connectivity index (χ4v) is 3.07. The molecule has 0 spiro atoms. The molecule has 1 rings (SSSR count). The van der Waals surface area contributed by atoms with Crippen molar-refractivity contribution in [3.05, 3.63) is 12.5 Å². The number of sulfonamides is 1. The highest BCUT2D eigenvalue weighted by molar-refractivity contribution is 7.89. The van der Waals surface area contributed by atoms with Gasteiger partial charge in [0.2, 0.25) is 0 Å². The van der Waals surface area contributed by atoms with Crippen LogP contribution in [0.1, 0.15) is 13.8 Å². The van der Waals surface area contributed by atoms with Crippen molar-refractivity contribution in [2.45, 2.75) is 24.9 Å². The molecule has 1 aromatic heterocycles. The summed E-state index contributed by atoms with van der Waals surface area (Å²) in [5.41, 5.74) is 0. The standard InChI is InChI=1S/C8H14ClN3O2S/c1-7(2)12(4-3-9)15(13,14)8-5-10-6-11-8/h5-7H,3-4H2,1-2H3,(H,10,11). The van der Waals surface area contributed by atoms with Gasteiger partial charge in [-0.15, -0.1) is 11.6 Å². The molecule has 15 heavy (non-hydrogen) atoms. The minimum absolute atomic E-state index is 0.0984. The van der Waals surface area contributed by atoms with Gasteiger partial charge in [0.1, 0.15) is 0 Å². The summed E-state index contributed by atoms with van der Waals surface area (Å²) < 4.78 is 25.4. The van der Waals surface area contributed by atoms with Gasteiger partial charge in [0.15, 0.2) is 5.03 Å². The van der Waals surface area contributed by atoms with Crippen molar-refractivity contribution in [2.75, 3.05) is 12.4 Å². The van der Waals surface area contributed by atoms with Crippen LogP contribution in [0.15, 0.2) is 17.6 Å². The maximum atomic E-state index is 12.0. The average molecular weight is 252 g/mol. The van der Waals surface area contributed by atoms with Gasteiger partial charge in [-0.25, -0.2) is 13.4 Å². The molecule has 7 heteroatoms. The van der Waals surface area contributed by atoms with E-state index in [9.17, 15) is 8.42 Å². The predicted molar refractivity (Wildman–Crippen MR) is 58.3 cm³/mol. The second-order valence-electron chi connectivity index (χ2n) is 3.31. The molecule has 0 saturated carbocycles. The zero-order valence-corrected chi connectivity index (χ0v) is 10.2. The molecular formula is C8H14ClN3O2S. The second-order valence-corrected chi connectivity index (χ2v) is 5.55. The SMILES string of the molecule is CC(C)N(CCCl)S(=O)(=O)c1cnc[nH]1. The zero-order chi connectivity index (χ0) is 11.5. The number of rotatable bonds is 5. The van der Waals surface area contributed by atoms with Crippen molar-refractivity contribution in [2.24, 2.45) is 0 Å². The number of alkyl halides is 1. The molecule has 0 amide bonds. The lowest BCUT2D eigenvalue weighted by Gasteiger charge is -2.23. The van der Waals surface area contributed by atoms with Gasteiger partial charge in [-0.1, -0.05) is 0 Å². The van der Waals surface area contributed by atoms with E-state index < -0.39 is 10.0 Å². The molecule has 0 fully saturated rings. The summed E-state index contributed by atoms with van der Waals surface area (Å²) in [6, 6.07) is -0.128. The quantitative estimate of drug-likeness (QED) is 0.796. The lowest BCUT2D eigenvalue weighted by molar-refractivity contribution is 0.369. The third-order valence-corrected chi connectivity index (χ3v) is 4.11. The summed E-state index contributed by atoms with van der Waals surface area (Å²) in [6.07, 6.45) is 2.63. The van der Waals surface area contributed by atoms with Crippen LogP contribution < -0.4 is 0 Å². The van der Waals surface area contributed by atoms with Gasteiger partial charge in [0.05, 0.1) is 12.5 Å². The van der Waals surface area contributed by atoms with Gasteiger partial charge in [-0.2, -0.15) is 4.31 Å². The van der Waals surface area contributed by atoms with Crippen LogP contribution in [0.4, 0.5) is 0 Å². The Morgan fingerprint density at radius 1 is 1.60 bits per heavy atom. The van der Waals surface area contributed by atoms with E-state index in [1.54, 1.807) is 13.8 Å². The number of nitrogens with zero attached hydrogens (tertiary/aromatic N) is 2. The van der Waals surface area contributed by atoms with Gasteiger partial charge < -0.3 is 4.98 Å². The first-order chi connectivity index (χ1) is 7.00. The van der Waals surface area contributed by atoms with Crippen molar-refractivity contribution in [3.63, 3.8) is 0 Å². The topological polar surface area (TPSA) is 66.1 Å². The third kappa shape index (κ3) is 2.70. The molecule has 0 aliphatic heterocycles. The summed E-state index contributed by atoms with van der Waals surface area (Å²) >= 11 is 5.58. The highest BCUT2D eigenvalue weighted by Gasteiger charge is 2.27. The molecule has 0 aliphatic carbocycles. The van der Waals surface area contributed by atoms with Gasteiger partial charge in [0, 0.05) is 18.5 Å². The predicted octanol–water partition coefficient (Wildman–Crippen LogP) is 1.05. The van der Waals surface area contributed by atoms with Gasteiger partial charge in [-0.3, -0.25) is 0 Å². The van der Waals surface area contributed by atoms with Crippen molar-refractivity contribution in [3.8, 4) is 0 Å². The summed E-state index contributed by atoms with van der Waals surface area (Å²) in [7, 11) is -3.49. The van der Waals surface area contributed by atoms with Crippen molar-refractivity contribution >= 4 is 21.6 Å². The normalized spacial score (nSPS) is 12.6. The van der Waals surface area contributed by atoms with E-state index in [4.69, 9.17) is 11.6 Å². The third-order valence-electron chi connectivity index (χ3n) is 1.94. The maximum absolute atomic E-state index is 12.0. The Labute approximate surface area is 94.5 Å². The summed E-state index contributed by atoms with van der Waals surface area (Å²) in [5, 5.41) is 0.0984. The molecule has 0 aromatic carbocycles. The fourth-order valence-electron chi connectivity index (χ4n) is 1.25. The summed E-state index contributed by atoms with van der Waals surface area (Å²) in [6.45, 7) is 3.90. The summed E-state index contributed by atoms with van der Waals surface area (Å²) in [4.78, 5) is 6.28. The second kappa shape index (κ2) is 4.96. The van der Waals surface area contributed by atoms with Crippen LogP contribution in [0, 0.1) is 0 Å². The van der Waals surface area contributed by atoms with Gasteiger partial charge in [-0.05, 0) is 13.8 Å². The number of aromatic amines is 1. The number of imidazole rings is 1. The Morgan fingerprint density at radius 2 is 2.27 bits per heavy atom. The average Bonchev–Trinajstić information content (AvgIpc) is 2.66. The van der Waals surface area contributed by atoms with E-state index in [0.717, 1.165) is 0 Å². The number of halogens is 1. The number of nitrogens with one attached hydrogen (secondary N) is 1. The van der Waals surface area contributed by atoms with Crippen LogP contribution in [0.2, 0.25) is 0 Å². The van der Waals surface area contributed by atoms with Crippen LogP contribution in [-0.2, 0) is 10.0 Å². The highest BCUT2D eigenvalue weighted by Crippen LogP contribution is 2.15. The number of hydrogen-bond donors (Lipinski definition) is 1. The molecule has 0 saturated heterocycles. The van der Waals surface area contributed by atoms with Crippen LogP contribution in [0.5, 0.6) is 0 Å². The molecule has 1 N–H and O–H groups in total. The van der Waals surface area contributed by atoms with Crippen molar-refractivity contribution < 1.29 is 8.42 Å². The molecule has 5 nitrogen and oxygen atoms in total. The Bertz CT molecular complexity index is 388. The van der Waals surface area contributed by atoms with Gasteiger partial charge in [0.25, 0.3) is 10.0 Å². The molecule has 0 bridgehead atoms. The fraction of sp³-hybridized carbons (Fsp3) is 0.625. The molecule has 1 heterocycles.